The van der Waals surface area contributed by atoms with Crippen LogP contribution in [0.4, 0.5) is 10.1 Å². The summed E-state index contributed by atoms with van der Waals surface area (Å²) in [5, 5.41) is 0. The normalized spacial score (nSPS) is 16.3. The number of hydrogen-bond donors (Lipinski definition) is 0. The summed E-state index contributed by atoms with van der Waals surface area (Å²) in [7, 11) is -2.80. The van der Waals surface area contributed by atoms with E-state index in [0.717, 1.165) is 34.1 Å². The number of fused-ring (bicyclic) bond motifs is 1. The number of carbonyl (C=O) groups is 1. The minimum atomic E-state index is -4.12. The van der Waals surface area contributed by atoms with Gasteiger partial charge in [-0.1, -0.05) is 25.1 Å². The van der Waals surface area contributed by atoms with E-state index in [-0.39, 0.29) is 35.7 Å². The number of rotatable bonds is 6. The molecule has 1 amide bonds. The molecule has 1 unspecified atom stereocenters. The van der Waals surface area contributed by atoms with Crippen LogP contribution in [0.15, 0.2) is 47.4 Å². The van der Waals surface area contributed by atoms with E-state index in [2.05, 4.69) is 0 Å². The van der Waals surface area contributed by atoms with Crippen molar-refractivity contribution in [2.45, 2.75) is 31.2 Å². The minimum absolute atomic E-state index is 0.0344. The fourth-order valence-corrected chi connectivity index (χ4v) is 5.10. The van der Waals surface area contributed by atoms with E-state index in [1.165, 1.54) is 13.2 Å². The first-order valence-corrected chi connectivity index (χ1v) is 10.5. The van der Waals surface area contributed by atoms with Crippen molar-refractivity contribution in [3.63, 3.8) is 0 Å². The van der Waals surface area contributed by atoms with Crippen molar-refractivity contribution in [1.82, 2.24) is 4.31 Å². The average molecular weight is 406 g/mol. The first kappa shape index (κ1) is 20.3. The van der Waals surface area contributed by atoms with Gasteiger partial charge in [-0.15, -0.1) is 0 Å². The number of ether oxygens (including phenoxy) is 1. The number of methoxy groups -OCH3 is 1. The molecule has 0 saturated carbocycles. The van der Waals surface area contributed by atoms with Crippen LogP contribution in [0.3, 0.4) is 0 Å². The molecule has 0 bridgehead atoms. The van der Waals surface area contributed by atoms with Crippen LogP contribution in [0.1, 0.15) is 19.4 Å². The molecule has 2 aromatic carbocycles. The molecule has 0 aliphatic carbocycles. The molecule has 0 saturated heterocycles. The molecule has 2 aromatic rings. The lowest BCUT2D eigenvalue weighted by Gasteiger charge is -2.27. The van der Waals surface area contributed by atoms with Gasteiger partial charge in [0.05, 0.1) is 13.7 Å². The van der Waals surface area contributed by atoms with Crippen LogP contribution >= 0.6 is 0 Å². The number of para-hydroxylation sites is 1. The highest BCUT2D eigenvalue weighted by atomic mass is 32.2. The molecule has 150 valence electrons. The largest absolute Gasteiger partial charge is 0.495 e. The Labute approximate surface area is 164 Å². The van der Waals surface area contributed by atoms with Crippen LogP contribution in [0.25, 0.3) is 0 Å². The Balaban J connectivity index is 1.90. The summed E-state index contributed by atoms with van der Waals surface area (Å²) in [4.78, 5) is 14.3. The summed E-state index contributed by atoms with van der Waals surface area (Å²) >= 11 is 0. The van der Waals surface area contributed by atoms with Crippen LogP contribution in [0, 0.1) is 5.82 Å². The second-order valence-electron chi connectivity index (χ2n) is 6.67. The van der Waals surface area contributed by atoms with E-state index >= 15 is 0 Å². The highest BCUT2D eigenvalue weighted by Crippen LogP contribution is 2.33. The molecule has 0 spiro atoms. The average Bonchev–Trinajstić information content (AvgIpc) is 3.01. The van der Waals surface area contributed by atoms with Crippen molar-refractivity contribution >= 4 is 21.6 Å². The second kappa shape index (κ2) is 7.89. The number of likely N-dealkylation sites (N-methyl/N-ethyl adjacent to an activating group) is 1. The van der Waals surface area contributed by atoms with Gasteiger partial charge in [0.1, 0.15) is 16.5 Å². The van der Waals surface area contributed by atoms with Gasteiger partial charge in [-0.2, -0.15) is 4.31 Å². The van der Waals surface area contributed by atoms with Crippen LogP contribution in [0.5, 0.6) is 5.75 Å². The lowest BCUT2D eigenvalue weighted by atomic mass is 10.1. The predicted octanol–water partition coefficient (Wildman–Crippen LogP) is 2.82. The van der Waals surface area contributed by atoms with Gasteiger partial charge < -0.3 is 9.64 Å². The zero-order valence-corrected chi connectivity index (χ0v) is 16.9. The standard InChI is InChI=1S/C20H23FN2O4S/c1-4-22(28(25,26)19-12-16(21)9-10-18(19)27-3)13-20(24)23-14(2)11-15-7-5-6-8-17(15)23/h5-10,12,14H,4,11,13H2,1-3H3. The van der Waals surface area contributed by atoms with Gasteiger partial charge in [0.15, 0.2) is 0 Å². The molecule has 0 aromatic heterocycles. The van der Waals surface area contributed by atoms with E-state index in [1.54, 1.807) is 11.8 Å². The van der Waals surface area contributed by atoms with E-state index in [4.69, 9.17) is 4.74 Å². The fraction of sp³-hybridized carbons (Fsp3) is 0.350. The van der Waals surface area contributed by atoms with Crippen molar-refractivity contribution in [3.05, 3.63) is 53.8 Å². The van der Waals surface area contributed by atoms with E-state index in [9.17, 15) is 17.6 Å². The van der Waals surface area contributed by atoms with Gasteiger partial charge in [-0.25, -0.2) is 12.8 Å². The first-order chi connectivity index (χ1) is 13.3. The number of sulfonamides is 1. The zero-order chi connectivity index (χ0) is 20.5. The molecule has 1 atom stereocenters. The monoisotopic (exact) mass is 406 g/mol. The van der Waals surface area contributed by atoms with Crippen LogP contribution in [-0.4, -0.2) is 44.9 Å². The maximum absolute atomic E-state index is 13.7. The summed E-state index contributed by atoms with van der Waals surface area (Å²) in [5.74, 6) is -0.978. The van der Waals surface area contributed by atoms with Gasteiger partial charge in [0.2, 0.25) is 15.9 Å². The molecule has 0 radical (unpaired) electrons. The lowest BCUT2D eigenvalue weighted by Crippen LogP contribution is -2.45. The van der Waals surface area contributed by atoms with Crippen molar-refractivity contribution in [2.75, 3.05) is 25.1 Å². The highest BCUT2D eigenvalue weighted by molar-refractivity contribution is 7.89. The van der Waals surface area contributed by atoms with Crippen molar-refractivity contribution < 1.29 is 22.3 Å². The van der Waals surface area contributed by atoms with Crippen molar-refractivity contribution in [2.24, 2.45) is 0 Å². The quantitative estimate of drug-likeness (QED) is 0.740. The van der Waals surface area contributed by atoms with E-state index in [1.807, 2.05) is 31.2 Å². The molecule has 28 heavy (non-hydrogen) atoms. The van der Waals surface area contributed by atoms with Gasteiger partial charge in [0, 0.05) is 18.3 Å². The van der Waals surface area contributed by atoms with Crippen molar-refractivity contribution in [1.29, 1.82) is 0 Å². The molecular weight excluding hydrogens is 383 g/mol. The van der Waals surface area contributed by atoms with Gasteiger partial charge in [-0.05, 0) is 43.2 Å². The summed E-state index contributed by atoms with van der Waals surface area (Å²) in [5.41, 5.74) is 1.86. The van der Waals surface area contributed by atoms with Crippen LogP contribution in [0.2, 0.25) is 0 Å². The minimum Gasteiger partial charge on any atom is -0.495 e. The fourth-order valence-electron chi connectivity index (χ4n) is 3.53. The first-order valence-electron chi connectivity index (χ1n) is 9.03. The molecule has 1 aliphatic heterocycles. The molecule has 8 heteroatoms. The summed E-state index contributed by atoms with van der Waals surface area (Å²) in [6.07, 6.45) is 0.721. The Morgan fingerprint density at radius 2 is 2.00 bits per heavy atom. The van der Waals surface area contributed by atoms with Crippen LogP contribution in [-0.2, 0) is 21.2 Å². The Kier molecular flexibility index (Phi) is 5.71. The third-order valence-electron chi connectivity index (χ3n) is 4.88. The van der Waals surface area contributed by atoms with Gasteiger partial charge >= 0.3 is 0 Å². The summed E-state index contributed by atoms with van der Waals surface area (Å²) in [6, 6.07) is 10.8. The topological polar surface area (TPSA) is 66.9 Å². The number of hydrogen-bond acceptors (Lipinski definition) is 4. The molecular formula is C20H23FN2O4S. The van der Waals surface area contributed by atoms with Crippen LogP contribution < -0.4 is 9.64 Å². The SMILES string of the molecule is CCN(CC(=O)N1c2ccccc2CC1C)S(=O)(=O)c1cc(F)ccc1OC. The Bertz CT molecular complexity index is 993. The van der Waals surface area contributed by atoms with Gasteiger partial charge in [0.25, 0.3) is 0 Å². The number of halogens is 1. The third-order valence-corrected chi connectivity index (χ3v) is 6.83. The Morgan fingerprint density at radius 3 is 2.68 bits per heavy atom. The number of benzene rings is 2. The summed E-state index contributed by atoms with van der Waals surface area (Å²) < 4.78 is 46.0. The van der Waals surface area contributed by atoms with E-state index < -0.39 is 15.8 Å². The lowest BCUT2D eigenvalue weighted by molar-refractivity contribution is -0.119. The second-order valence-corrected chi connectivity index (χ2v) is 8.58. The molecule has 0 fully saturated rings. The molecule has 0 N–H and O–H groups in total. The number of nitrogens with zero attached hydrogens (tertiary/aromatic N) is 2. The number of carbonyl (C=O) groups excluding carboxylic acids is 1. The smallest absolute Gasteiger partial charge is 0.247 e. The molecule has 6 nitrogen and oxygen atoms in total. The Morgan fingerprint density at radius 1 is 1.29 bits per heavy atom. The third kappa shape index (κ3) is 3.62. The predicted molar refractivity (Wildman–Crippen MR) is 104 cm³/mol. The molecule has 1 heterocycles. The summed E-state index contributed by atoms with van der Waals surface area (Å²) in [6.45, 7) is 3.30. The molecule has 3 rings (SSSR count). The number of amides is 1. The van der Waals surface area contributed by atoms with Crippen molar-refractivity contribution in [3.8, 4) is 5.75 Å². The maximum Gasteiger partial charge on any atom is 0.247 e. The zero-order valence-electron chi connectivity index (χ0n) is 16.1. The molecule has 1 aliphatic rings. The Hall–Kier alpha value is -2.45. The highest BCUT2D eigenvalue weighted by Gasteiger charge is 2.34. The van der Waals surface area contributed by atoms with Gasteiger partial charge in [-0.3, -0.25) is 4.79 Å². The van der Waals surface area contributed by atoms with E-state index in [0.29, 0.717) is 0 Å². The number of anilines is 1. The maximum atomic E-state index is 13.7.